The van der Waals surface area contributed by atoms with E-state index < -0.39 is 0 Å². The van der Waals surface area contributed by atoms with Crippen LogP contribution >= 0.6 is 22.6 Å². The lowest BCUT2D eigenvalue weighted by Gasteiger charge is -2.09. The molecule has 3 nitrogen and oxygen atoms in total. The van der Waals surface area contributed by atoms with Crippen LogP contribution in [-0.4, -0.2) is 12.5 Å². The number of hydrogen-bond acceptors (Lipinski definition) is 2. The molecule has 1 N–H and O–H groups in total. The monoisotopic (exact) mass is 381 g/mol. The Balaban J connectivity index is 1.91. The summed E-state index contributed by atoms with van der Waals surface area (Å²) in [6, 6.07) is 15.5. The summed E-state index contributed by atoms with van der Waals surface area (Å²) in [5.74, 6) is 0.573. The Morgan fingerprint density at radius 2 is 2.00 bits per heavy atom. The summed E-state index contributed by atoms with van der Waals surface area (Å²) >= 11 is 2.18. The van der Waals surface area contributed by atoms with Gasteiger partial charge in [0.25, 0.3) is 5.91 Å². The molecule has 0 aliphatic heterocycles. The van der Waals surface area contributed by atoms with Crippen LogP contribution in [0.2, 0.25) is 0 Å². The van der Waals surface area contributed by atoms with E-state index in [1.165, 1.54) is 5.56 Å². The summed E-state index contributed by atoms with van der Waals surface area (Å²) in [5.41, 5.74) is 2.00. The molecule has 0 fully saturated rings. The largest absolute Gasteiger partial charge is 0.483 e. The molecule has 0 aliphatic rings. The van der Waals surface area contributed by atoms with Crippen molar-refractivity contribution in [3.8, 4) is 5.75 Å². The molecule has 0 spiro atoms. The van der Waals surface area contributed by atoms with Crippen LogP contribution in [0.4, 0.5) is 5.69 Å². The van der Waals surface area contributed by atoms with E-state index in [0.29, 0.717) is 0 Å². The Morgan fingerprint density at radius 3 is 2.75 bits per heavy atom. The topological polar surface area (TPSA) is 38.3 Å². The third-order valence-electron chi connectivity index (χ3n) is 2.81. The number of benzene rings is 2. The van der Waals surface area contributed by atoms with Gasteiger partial charge in [-0.25, -0.2) is 0 Å². The van der Waals surface area contributed by atoms with E-state index in [2.05, 4.69) is 34.8 Å². The third kappa shape index (κ3) is 4.23. The number of amides is 1. The summed E-state index contributed by atoms with van der Waals surface area (Å²) in [5, 5.41) is 2.84. The Labute approximate surface area is 132 Å². The molecule has 0 aromatic heterocycles. The van der Waals surface area contributed by atoms with Gasteiger partial charge >= 0.3 is 0 Å². The lowest BCUT2D eigenvalue weighted by Crippen LogP contribution is -2.20. The zero-order chi connectivity index (χ0) is 14.4. The van der Waals surface area contributed by atoms with Gasteiger partial charge in [0.15, 0.2) is 6.61 Å². The number of hydrogen-bond donors (Lipinski definition) is 1. The van der Waals surface area contributed by atoms with Crippen LogP contribution < -0.4 is 10.1 Å². The molecule has 0 radical (unpaired) electrons. The molecular formula is C16H16INO2. The quantitative estimate of drug-likeness (QED) is 0.799. The van der Waals surface area contributed by atoms with Gasteiger partial charge < -0.3 is 10.1 Å². The summed E-state index contributed by atoms with van der Waals surface area (Å²) in [6.07, 6.45) is 0.947. The normalized spacial score (nSPS) is 10.1. The summed E-state index contributed by atoms with van der Waals surface area (Å²) in [7, 11) is 0. The standard InChI is InChI=1S/C16H16INO2/c1-2-12-6-5-7-13(10-12)18-16(19)11-20-15-9-4-3-8-14(15)17/h3-10H,2,11H2,1H3,(H,18,19). The Hall–Kier alpha value is -1.56. The molecule has 0 unspecified atom stereocenters. The Bertz CT molecular complexity index is 599. The second-order valence-electron chi connectivity index (χ2n) is 4.32. The van der Waals surface area contributed by atoms with Crippen molar-refractivity contribution in [2.24, 2.45) is 0 Å². The number of para-hydroxylation sites is 1. The molecule has 0 heterocycles. The van der Waals surface area contributed by atoms with Gasteiger partial charge in [-0.05, 0) is 58.8 Å². The van der Waals surface area contributed by atoms with Gasteiger partial charge in [0, 0.05) is 5.69 Å². The van der Waals surface area contributed by atoms with Crippen LogP contribution in [0.5, 0.6) is 5.75 Å². The SMILES string of the molecule is CCc1cccc(NC(=O)COc2ccccc2I)c1. The lowest BCUT2D eigenvalue weighted by atomic mass is 10.1. The molecule has 0 saturated heterocycles. The van der Waals surface area contributed by atoms with E-state index in [-0.39, 0.29) is 12.5 Å². The van der Waals surface area contributed by atoms with Gasteiger partial charge in [0.2, 0.25) is 0 Å². The summed E-state index contributed by atoms with van der Waals surface area (Å²) in [6.45, 7) is 2.09. The second-order valence-corrected chi connectivity index (χ2v) is 5.48. The maximum Gasteiger partial charge on any atom is 0.262 e. The van der Waals surface area contributed by atoms with E-state index in [1.807, 2.05) is 48.5 Å². The minimum Gasteiger partial charge on any atom is -0.483 e. The molecule has 2 aromatic carbocycles. The summed E-state index contributed by atoms with van der Waals surface area (Å²) in [4.78, 5) is 11.9. The predicted molar refractivity (Wildman–Crippen MR) is 89.1 cm³/mol. The van der Waals surface area contributed by atoms with E-state index in [9.17, 15) is 4.79 Å². The minimum atomic E-state index is -0.155. The van der Waals surface area contributed by atoms with Crippen molar-refractivity contribution < 1.29 is 9.53 Å². The highest BCUT2D eigenvalue weighted by Crippen LogP contribution is 2.19. The first-order chi connectivity index (χ1) is 9.69. The fourth-order valence-electron chi connectivity index (χ4n) is 1.77. The van der Waals surface area contributed by atoms with E-state index >= 15 is 0 Å². The number of carbonyl (C=O) groups is 1. The van der Waals surface area contributed by atoms with E-state index in [0.717, 1.165) is 21.4 Å². The van der Waals surface area contributed by atoms with Crippen LogP contribution in [0.1, 0.15) is 12.5 Å². The molecule has 0 aliphatic carbocycles. The van der Waals surface area contributed by atoms with Crippen LogP contribution in [0.3, 0.4) is 0 Å². The van der Waals surface area contributed by atoms with Crippen molar-refractivity contribution in [1.82, 2.24) is 0 Å². The molecular weight excluding hydrogens is 365 g/mol. The van der Waals surface area contributed by atoms with E-state index in [1.54, 1.807) is 0 Å². The molecule has 2 aromatic rings. The number of carbonyl (C=O) groups excluding carboxylic acids is 1. The number of ether oxygens (including phenoxy) is 1. The van der Waals surface area contributed by atoms with E-state index in [4.69, 9.17) is 4.74 Å². The van der Waals surface area contributed by atoms with Gasteiger partial charge in [-0.3, -0.25) is 4.79 Å². The van der Waals surface area contributed by atoms with Gasteiger partial charge in [-0.1, -0.05) is 31.2 Å². The highest BCUT2D eigenvalue weighted by molar-refractivity contribution is 14.1. The van der Waals surface area contributed by atoms with Crippen molar-refractivity contribution in [2.75, 3.05) is 11.9 Å². The average Bonchev–Trinajstić information content (AvgIpc) is 2.46. The van der Waals surface area contributed by atoms with Gasteiger partial charge in [-0.15, -0.1) is 0 Å². The zero-order valence-electron chi connectivity index (χ0n) is 11.2. The van der Waals surface area contributed by atoms with Crippen molar-refractivity contribution in [1.29, 1.82) is 0 Å². The fourth-order valence-corrected chi connectivity index (χ4v) is 2.31. The molecule has 20 heavy (non-hydrogen) atoms. The Morgan fingerprint density at radius 1 is 1.20 bits per heavy atom. The molecule has 1 amide bonds. The van der Waals surface area contributed by atoms with Crippen molar-refractivity contribution in [2.45, 2.75) is 13.3 Å². The number of halogens is 1. The second kappa shape index (κ2) is 7.28. The molecule has 4 heteroatoms. The van der Waals surface area contributed by atoms with Crippen LogP contribution in [0, 0.1) is 3.57 Å². The van der Waals surface area contributed by atoms with Crippen LogP contribution in [0.25, 0.3) is 0 Å². The maximum atomic E-state index is 11.9. The van der Waals surface area contributed by atoms with Crippen LogP contribution in [0.15, 0.2) is 48.5 Å². The fraction of sp³-hybridized carbons (Fsp3) is 0.188. The summed E-state index contributed by atoms with van der Waals surface area (Å²) < 4.78 is 6.50. The highest BCUT2D eigenvalue weighted by Gasteiger charge is 2.05. The van der Waals surface area contributed by atoms with Gasteiger partial charge in [0.1, 0.15) is 5.75 Å². The number of rotatable bonds is 5. The third-order valence-corrected chi connectivity index (χ3v) is 3.71. The Kier molecular flexibility index (Phi) is 5.40. The molecule has 0 atom stereocenters. The molecule has 0 bridgehead atoms. The van der Waals surface area contributed by atoms with Gasteiger partial charge in [-0.2, -0.15) is 0 Å². The predicted octanol–water partition coefficient (Wildman–Crippen LogP) is 3.87. The molecule has 2 rings (SSSR count). The number of anilines is 1. The van der Waals surface area contributed by atoms with Gasteiger partial charge in [0.05, 0.1) is 3.57 Å². The maximum absolute atomic E-state index is 11.9. The smallest absolute Gasteiger partial charge is 0.262 e. The molecule has 104 valence electrons. The minimum absolute atomic E-state index is 0.0103. The first kappa shape index (κ1) is 14.8. The molecule has 0 saturated carbocycles. The first-order valence-electron chi connectivity index (χ1n) is 6.45. The van der Waals surface area contributed by atoms with Crippen molar-refractivity contribution in [3.63, 3.8) is 0 Å². The zero-order valence-corrected chi connectivity index (χ0v) is 13.4. The van der Waals surface area contributed by atoms with Crippen LogP contribution in [-0.2, 0) is 11.2 Å². The lowest BCUT2D eigenvalue weighted by molar-refractivity contribution is -0.118. The number of aryl methyl sites for hydroxylation is 1. The number of nitrogens with one attached hydrogen (secondary N) is 1. The first-order valence-corrected chi connectivity index (χ1v) is 7.53. The average molecular weight is 381 g/mol. The van der Waals surface area contributed by atoms with Crippen molar-refractivity contribution in [3.05, 3.63) is 57.7 Å². The van der Waals surface area contributed by atoms with Crippen molar-refractivity contribution >= 4 is 34.2 Å². The highest BCUT2D eigenvalue weighted by atomic mass is 127.